The maximum absolute atomic E-state index is 9.27. The van der Waals surface area contributed by atoms with Gasteiger partial charge in [-0.3, -0.25) is 4.68 Å². The molecule has 0 radical (unpaired) electrons. The van der Waals surface area contributed by atoms with Gasteiger partial charge in [0, 0.05) is 18.9 Å². The second kappa shape index (κ2) is 4.22. The molecule has 0 aliphatic carbocycles. The third-order valence-corrected chi connectivity index (χ3v) is 2.32. The third-order valence-electron chi connectivity index (χ3n) is 2.32. The smallest absolute Gasteiger partial charge is 0.115 e. The van der Waals surface area contributed by atoms with E-state index in [-0.39, 0.29) is 5.75 Å². The summed E-state index contributed by atoms with van der Waals surface area (Å²) in [6, 6.07) is 5.23. The molecule has 0 aliphatic heterocycles. The SMILES string of the molecule is Cc1cc(O)ccc1NCc1cn(C)nn1. The minimum Gasteiger partial charge on any atom is -0.508 e. The van der Waals surface area contributed by atoms with Gasteiger partial charge in [-0.1, -0.05) is 5.21 Å². The zero-order chi connectivity index (χ0) is 11.5. The fourth-order valence-corrected chi connectivity index (χ4v) is 1.51. The average molecular weight is 218 g/mol. The molecule has 0 saturated carbocycles. The van der Waals surface area contributed by atoms with Gasteiger partial charge in [-0.05, 0) is 30.7 Å². The van der Waals surface area contributed by atoms with Crippen LogP contribution in [0.2, 0.25) is 0 Å². The van der Waals surface area contributed by atoms with Crippen molar-refractivity contribution in [1.82, 2.24) is 15.0 Å². The highest BCUT2D eigenvalue weighted by Gasteiger charge is 2.01. The minimum atomic E-state index is 0.280. The Kier molecular flexibility index (Phi) is 2.76. The fourth-order valence-electron chi connectivity index (χ4n) is 1.51. The van der Waals surface area contributed by atoms with E-state index in [9.17, 15) is 5.11 Å². The van der Waals surface area contributed by atoms with Crippen molar-refractivity contribution in [3.8, 4) is 5.75 Å². The van der Waals surface area contributed by atoms with Crippen LogP contribution in [0.15, 0.2) is 24.4 Å². The second-order valence-corrected chi connectivity index (χ2v) is 3.74. The Morgan fingerprint density at radius 1 is 1.44 bits per heavy atom. The lowest BCUT2D eigenvalue weighted by molar-refractivity contribution is 0.475. The van der Waals surface area contributed by atoms with Crippen LogP contribution in [0.1, 0.15) is 11.3 Å². The maximum atomic E-state index is 9.27. The van der Waals surface area contributed by atoms with E-state index in [0.717, 1.165) is 16.9 Å². The van der Waals surface area contributed by atoms with Gasteiger partial charge in [0.05, 0.1) is 6.54 Å². The molecule has 2 aromatic rings. The Labute approximate surface area is 93.7 Å². The number of anilines is 1. The van der Waals surface area contributed by atoms with E-state index in [0.29, 0.717) is 6.54 Å². The highest BCUT2D eigenvalue weighted by atomic mass is 16.3. The van der Waals surface area contributed by atoms with E-state index in [2.05, 4.69) is 15.6 Å². The first-order valence-corrected chi connectivity index (χ1v) is 5.04. The zero-order valence-electron chi connectivity index (χ0n) is 9.31. The molecule has 5 heteroatoms. The van der Waals surface area contributed by atoms with Crippen molar-refractivity contribution in [2.45, 2.75) is 13.5 Å². The molecule has 0 unspecified atom stereocenters. The molecule has 0 aliphatic rings. The van der Waals surface area contributed by atoms with Crippen LogP contribution in [0.3, 0.4) is 0 Å². The third kappa shape index (κ3) is 2.31. The molecule has 0 amide bonds. The lowest BCUT2D eigenvalue weighted by Crippen LogP contribution is -2.01. The number of phenolic OH excluding ortho intramolecular Hbond substituents is 1. The molecule has 16 heavy (non-hydrogen) atoms. The number of hydrogen-bond acceptors (Lipinski definition) is 4. The minimum absolute atomic E-state index is 0.280. The van der Waals surface area contributed by atoms with Crippen LogP contribution in [0.25, 0.3) is 0 Å². The second-order valence-electron chi connectivity index (χ2n) is 3.74. The Bertz CT molecular complexity index is 492. The molecule has 0 fully saturated rings. The molecule has 0 spiro atoms. The van der Waals surface area contributed by atoms with Crippen LogP contribution in [-0.2, 0) is 13.6 Å². The van der Waals surface area contributed by atoms with Crippen molar-refractivity contribution in [2.24, 2.45) is 7.05 Å². The predicted molar refractivity (Wildman–Crippen MR) is 61.2 cm³/mol. The zero-order valence-corrected chi connectivity index (χ0v) is 9.31. The van der Waals surface area contributed by atoms with Gasteiger partial charge in [0.15, 0.2) is 0 Å². The number of nitrogens with zero attached hydrogens (tertiary/aromatic N) is 3. The van der Waals surface area contributed by atoms with Crippen LogP contribution < -0.4 is 5.32 Å². The van der Waals surface area contributed by atoms with E-state index in [1.165, 1.54) is 0 Å². The Balaban J connectivity index is 2.04. The van der Waals surface area contributed by atoms with Crippen molar-refractivity contribution < 1.29 is 5.11 Å². The number of rotatable bonds is 3. The van der Waals surface area contributed by atoms with Gasteiger partial charge in [-0.2, -0.15) is 0 Å². The standard InChI is InChI=1S/C11H14N4O/c1-8-5-10(16)3-4-11(8)12-6-9-7-15(2)14-13-9/h3-5,7,12,16H,6H2,1-2H3. The van der Waals surface area contributed by atoms with Crippen molar-refractivity contribution in [1.29, 1.82) is 0 Å². The highest BCUT2D eigenvalue weighted by molar-refractivity contribution is 5.53. The van der Waals surface area contributed by atoms with Crippen LogP contribution in [-0.4, -0.2) is 20.1 Å². The molecule has 1 aromatic carbocycles. The number of aromatic hydroxyl groups is 1. The van der Waals surface area contributed by atoms with Gasteiger partial charge in [-0.25, -0.2) is 0 Å². The van der Waals surface area contributed by atoms with Crippen LogP contribution in [0, 0.1) is 6.92 Å². The topological polar surface area (TPSA) is 63.0 Å². The molecule has 5 nitrogen and oxygen atoms in total. The Hall–Kier alpha value is -2.04. The van der Waals surface area contributed by atoms with Gasteiger partial charge in [0.1, 0.15) is 11.4 Å². The summed E-state index contributed by atoms with van der Waals surface area (Å²) in [5.74, 6) is 0.280. The molecule has 2 N–H and O–H groups in total. The van der Waals surface area contributed by atoms with Crippen LogP contribution in [0.5, 0.6) is 5.75 Å². The van der Waals surface area contributed by atoms with Crippen molar-refractivity contribution in [2.75, 3.05) is 5.32 Å². The van der Waals surface area contributed by atoms with E-state index >= 15 is 0 Å². The molecule has 0 bridgehead atoms. The van der Waals surface area contributed by atoms with Gasteiger partial charge in [0.25, 0.3) is 0 Å². The quantitative estimate of drug-likeness (QED) is 0.765. The Morgan fingerprint density at radius 2 is 2.25 bits per heavy atom. The molecule has 1 heterocycles. The number of aryl methyl sites for hydroxylation is 2. The summed E-state index contributed by atoms with van der Waals surface area (Å²) in [6.45, 7) is 2.57. The summed E-state index contributed by atoms with van der Waals surface area (Å²) in [7, 11) is 1.84. The Morgan fingerprint density at radius 3 is 2.88 bits per heavy atom. The van der Waals surface area contributed by atoms with Crippen LogP contribution in [0.4, 0.5) is 5.69 Å². The molecule has 84 valence electrons. The summed E-state index contributed by atoms with van der Waals surface area (Å²) in [6.07, 6.45) is 1.86. The predicted octanol–water partition coefficient (Wildman–Crippen LogP) is 1.44. The summed E-state index contributed by atoms with van der Waals surface area (Å²) in [5, 5.41) is 20.3. The summed E-state index contributed by atoms with van der Waals surface area (Å²) in [4.78, 5) is 0. The van der Waals surface area contributed by atoms with Crippen molar-refractivity contribution in [3.05, 3.63) is 35.7 Å². The first-order chi connectivity index (χ1) is 7.65. The molecule has 0 atom stereocenters. The monoisotopic (exact) mass is 218 g/mol. The fraction of sp³-hybridized carbons (Fsp3) is 0.273. The first-order valence-electron chi connectivity index (χ1n) is 5.04. The van der Waals surface area contributed by atoms with Crippen molar-refractivity contribution in [3.63, 3.8) is 0 Å². The van der Waals surface area contributed by atoms with Gasteiger partial charge in [0.2, 0.25) is 0 Å². The number of aromatic nitrogens is 3. The number of benzene rings is 1. The summed E-state index contributed by atoms with van der Waals surface area (Å²) >= 11 is 0. The van der Waals surface area contributed by atoms with Gasteiger partial charge < -0.3 is 10.4 Å². The van der Waals surface area contributed by atoms with Gasteiger partial charge >= 0.3 is 0 Å². The van der Waals surface area contributed by atoms with Crippen molar-refractivity contribution >= 4 is 5.69 Å². The largest absolute Gasteiger partial charge is 0.508 e. The number of hydrogen-bond donors (Lipinski definition) is 2. The average Bonchev–Trinajstić information content (AvgIpc) is 2.63. The van der Waals surface area contributed by atoms with E-state index in [1.807, 2.05) is 26.2 Å². The molecule has 2 rings (SSSR count). The first kappa shape index (κ1) is 10.5. The molecule has 0 saturated heterocycles. The molecular formula is C11H14N4O. The number of nitrogens with one attached hydrogen (secondary N) is 1. The molecular weight excluding hydrogens is 204 g/mol. The lowest BCUT2D eigenvalue weighted by Gasteiger charge is -2.07. The van der Waals surface area contributed by atoms with E-state index in [1.54, 1.807) is 16.8 Å². The normalized spacial score (nSPS) is 10.4. The van der Waals surface area contributed by atoms with Crippen LogP contribution >= 0.6 is 0 Å². The van der Waals surface area contributed by atoms with E-state index in [4.69, 9.17) is 0 Å². The van der Waals surface area contributed by atoms with E-state index < -0.39 is 0 Å². The highest BCUT2D eigenvalue weighted by Crippen LogP contribution is 2.20. The lowest BCUT2D eigenvalue weighted by atomic mass is 10.2. The maximum Gasteiger partial charge on any atom is 0.115 e. The number of phenols is 1. The molecule has 1 aromatic heterocycles. The summed E-state index contributed by atoms with van der Waals surface area (Å²) < 4.78 is 1.67. The summed E-state index contributed by atoms with van der Waals surface area (Å²) in [5.41, 5.74) is 2.88. The van der Waals surface area contributed by atoms with Gasteiger partial charge in [-0.15, -0.1) is 5.10 Å².